The van der Waals surface area contributed by atoms with Crippen LogP contribution in [0.2, 0.25) is 5.02 Å². The molecule has 2 rings (SSSR count). The number of aryl methyl sites for hydroxylation is 2. The summed E-state index contributed by atoms with van der Waals surface area (Å²) >= 11 is 6.58. The summed E-state index contributed by atoms with van der Waals surface area (Å²) in [5.41, 5.74) is 4.43. The minimum Gasteiger partial charge on any atom is -0.0888 e. The van der Waals surface area contributed by atoms with E-state index in [9.17, 15) is 0 Å². The Morgan fingerprint density at radius 1 is 1.10 bits per heavy atom. The van der Waals surface area contributed by atoms with Gasteiger partial charge in [-0.15, -0.1) is 0 Å². The predicted octanol–water partition coefficient (Wildman–Crippen LogP) is 6.46. The lowest BCUT2D eigenvalue weighted by molar-refractivity contribution is 0.615. The smallest absolute Gasteiger partial charge is 0.0443 e. The van der Waals surface area contributed by atoms with Crippen LogP contribution >= 0.6 is 11.6 Å². The van der Waals surface area contributed by atoms with Crippen LogP contribution in [0.3, 0.4) is 0 Å². The van der Waals surface area contributed by atoms with Crippen LogP contribution in [0.1, 0.15) is 75.0 Å². The summed E-state index contributed by atoms with van der Waals surface area (Å²) in [6.45, 7) is 4.46. The van der Waals surface area contributed by atoms with Gasteiger partial charge in [0.15, 0.2) is 0 Å². The van der Waals surface area contributed by atoms with Gasteiger partial charge in [0, 0.05) is 5.02 Å². The van der Waals surface area contributed by atoms with Gasteiger partial charge in [-0.2, -0.15) is 0 Å². The molecule has 1 aromatic rings. The highest BCUT2D eigenvalue weighted by Gasteiger charge is 2.17. The third-order valence-electron chi connectivity index (χ3n) is 4.36. The minimum absolute atomic E-state index is 0.586. The van der Waals surface area contributed by atoms with Crippen molar-refractivity contribution < 1.29 is 0 Å². The van der Waals surface area contributed by atoms with Gasteiger partial charge >= 0.3 is 0 Å². The topological polar surface area (TPSA) is 0 Å². The lowest BCUT2D eigenvalue weighted by atomic mass is 9.85. The Labute approximate surface area is 129 Å². The maximum atomic E-state index is 6.58. The molecular weight excluding hydrogens is 264 g/mol. The van der Waals surface area contributed by atoms with Crippen LogP contribution in [-0.4, -0.2) is 0 Å². The third kappa shape index (κ3) is 3.88. The molecule has 0 saturated carbocycles. The summed E-state index contributed by atoms with van der Waals surface area (Å²) in [6.07, 6.45) is 14.4. The van der Waals surface area contributed by atoms with Crippen molar-refractivity contribution in [2.75, 3.05) is 0 Å². The van der Waals surface area contributed by atoms with Crippen LogP contribution in [0.25, 0.3) is 0 Å². The number of benzene rings is 1. The minimum atomic E-state index is 0.586. The average Bonchev–Trinajstić information content (AvgIpc) is 2.46. The first kappa shape index (κ1) is 15.6. The SMILES string of the molecule is CC/C=C\CC(CCC)c1cc2c(cc1Cl)CCCC2. The Kier molecular flexibility index (Phi) is 6.16. The molecule has 0 bridgehead atoms. The molecule has 0 amide bonds. The first-order valence-electron chi connectivity index (χ1n) is 8.22. The van der Waals surface area contributed by atoms with Crippen molar-refractivity contribution in [3.63, 3.8) is 0 Å². The van der Waals surface area contributed by atoms with E-state index < -0.39 is 0 Å². The Hall–Kier alpha value is -0.750. The molecule has 0 N–H and O–H groups in total. The molecule has 0 spiro atoms. The van der Waals surface area contributed by atoms with Crippen molar-refractivity contribution in [2.24, 2.45) is 0 Å². The second-order valence-electron chi connectivity index (χ2n) is 5.95. The Balaban J connectivity index is 2.24. The molecule has 0 aliphatic heterocycles. The van der Waals surface area contributed by atoms with Crippen molar-refractivity contribution in [3.8, 4) is 0 Å². The standard InChI is InChI=1S/C19H27Cl/c1-3-5-6-10-15(9-4-2)18-13-16-11-7-8-12-17(16)14-19(18)20/h5-6,13-15H,3-4,7-12H2,1-2H3/b6-5-. The zero-order chi connectivity index (χ0) is 14.4. The summed E-state index contributed by atoms with van der Waals surface area (Å²) in [4.78, 5) is 0. The van der Waals surface area contributed by atoms with E-state index in [1.165, 1.54) is 49.7 Å². The Morgan fingerprint density at radius 2 is 1.80 bits per heavy atom. The molecule has 1 aliphatic carbocycles. The van der Waals surface area contributed by atoms with E-state index in [2.05, 4.69) is 38.1 Å². The molecule has 1 unspecified atom stereocenters. The van der Waals surface area contributed by atoms with E-state index in [1.54, 1.807) is 5.56 Å². The largest absolute Gasteiger partial charge is 0.0888 e. The fourth-order valence-corrected chi connectivity index (χ4v) is 3.60. The Morgan fingerprint density at radius 3 is 2.45 bits per heavy atom. The molecular formula is C19H27Cl. The van der Waals surface area contributed by atoms with Crippen molar-refractivity contribution in [1.29, 1.82) is 0 Å². The number of hydrogen-bond acceptors (Lipinski definition) is 0. The van der Waals surface area contributed by atoms with Gasteiger partial charge in [0.1, 0.15) is 0 Å². The van der Waals surface area contributed by atoms with E-state index in [0.717, 1.165) is 17.9 Å². The average molecular weight is 291 g/mol. The molecule has 0 radical (unpaired) electrons. The Bertz CT molecular complexity index is 459. The molecule has 0 fully saturated rings. The molecule has 1 aromatic carbocycles. The van der Waals surface area contributed by atoms with E-state index in [-0.39, 0.29) is 0 Å². The molecule has 0 nitrogen and oxygen atoms in total. The van der Waals surface area contributed by atoms with Gasteiger partial charge in [0.05, 0.1) is 0 Å². The van der Waals surface area contributed by atoms with E-state index in [1.807, 2.05) is 0 Å². The first-order chi connectivity index (χ1) is 9.76. The van der Waals surface area contributed by atoms with Crippen LogP contribution < -0.4 is 0 Å². The highest BCUT2D eigenvalue weighted by Crippen LogP contribution is 2.35. The fraction of sp³-hybridized carbons (Fsp3) is 0.579. The maximum absolute atomic E-state index is 6.58. The maximum Gasteiger partial charge on any atom is 0.0443 e. The van der Waals surface area contributed by atoms with Crippen molar-refractivity contribution in [1.82, 2.24) is 0 Å². The third-order valence-corrected chi connectivity index (χ3v) is 4.69. The van der Waals surface area contributed by atoms with E-state index in [4.69, 9.17) is 11.6 Å². The van der Waals surface area contributed by atoms with Crippen molar-refractivity contribution in [2.45, 2.75) is 71.1 Å². The molecule has 110 valence electrons. The van der Waals surface area contributed by atoms with E-state index in [0.29, 0.717) is 5.92 Å². The van der Waals surface area contributed by atoms with Crippen LogP contribution in [0.15, 0.2) is 24.3 Å². The van der Waals surface area contributed by atoms with Crippen molar-refractivity contribution >= 4 is 11.6 Å². The quantitative estimate of drug-likeness (QED) is 0.527. The summed E-state index contributed by atoms with van der Waals surface area (Å²) in [5.74, 6) is 0.586. The zero-order valence-corrected chi connectivity index (χ0v) is 13.7. The van der Waals surface area contributed by atoms with Gasteiger partial charge in [-0.25, -0.2) is 0 Å². The van der Waals surface area contributed by atoms with Crippen LogP contribution in [0, 0.1) is 0 Å². The van der Waals surface area contributed by atoms with Gasteiger partial charge in [0.2, 0.25) is 0 Å². The first-order valence-corrected chi connectivity index (χ1v) is 8.60. The van der Waals surface area contributed by atoms with Gasteiger partial charge in [-0.05, 0) is 73.6 Å². The zero-order valence-electron chi connectivity index (χ0n) is 12.9. The fourth-order valence-electron chi connectivity index (χ4n) is 3.26. The molecule has 0 saturated heterocycles. The summed E-state index contributed by atoms with van der Waals surface area (Å²) in [7, 11) is 0. The predicted molar refractivity (Wildman–Crippen MR) is 89.8 cm³/mol. The highest BCUT2D eigenvalue weighted by molar-refractivity contribution is 6.31. The number of fused-ring (bicyclic) bond motifs is 1. The van der Waals surface area contributed by atoms with Gasteiger partial charge in [-0.1, -0.05) is 50.1 Å². The summed E-state index contributed by atoms with van der Waals surface area (Å²) in [5, 5.41) is 0.994. The number of rotatable bonds is 6. The number of hydrogen-bond donors (Lipinski definition) is 0. The number of allylic oxidation sites excluding steroid dienone is 2. The van der Waals surface area contributed by atoms with Gasteiger partial charge < -0.3 is 0 Å². The second-order valence-corrected chi connectivity index (χ2v) is 6.36. The molecule has 0 heterocycles. The summed E-state index contributed by atoms with van der Waals surface area (Å²) < 4.78 is 0. The number of halogens is 1. The van der Waals surface area contributed by atoms with Gasteiger partial charge in [0.25, 0.3) is 0 Å². The lowest BCUT2D eigenvalue weighted by Gasteiger charge is -2.22. The lowest BCUT2D eigenvalue weighted by Crippen LogP contribution is -2.06. The second kappa shape index (κ2) is 7.88. The van der Waals surface area contributed by atoms with Gasteiger partial charge in [-0.3, -0.25) is 0 Å². The van der Waals surface area contributed by atoms with Crippen LogP contribution in [0.4, 0.5) is 0 Å². The normalized spacial score (nSPS) is 16.4. The molecule has 20 heavy (non-hydrogen) atoms. The monoisotopic (exact) mass is 290 g/mol. The van der Waals surface area contributed by atoms with Crippen molar-refractivity contribution in [3.05, 3.63) is 46.0 Å². The van der Waals surface area contributed by atoms with E-state index >= 15 is 0 Å². The molecule has 0 aromatic heterocycles. The molecule has 1 atom stereocenters. The summed E-state index contributed by atoms with van der Waals surface area (Å²) in [6, 6.07) is 4.66. The molecule has 1 aliphatic rings. The molecule has 1 heteroatoms. The van der Waals surface area contributed by atoms with Crippen LogP contribution in [-0.2, 0) is 12.8 Å². The van der Waals surface area contributed by atoms with Crippen LogP contribution in [0.5, 0.6) is 0 Å². The highest BCUT2D eigenvalue weighted by atomic mass is 35.5.